The topological polar surface area (TPSA) is 66.8 Å². The summed E-state index contributed by atoms with van der Waals surface area (Å²) in [6, 6.07) is 1.31. The Balaban J connectivity index is 2.29. The van der Waals surface area contributed by atoms with Crippen molar-refractivity contribution in [2.45, 2.75) is 32.7 Å². The third kappa shape index (κ3) is 3.75. The van der Waals surface area contributed by atoms with E-state index in [0.29, 0.717) is 6.07 Å². The van der Waals surface area contributed by atoms with E-state index in [4.69, 9.17) is 0 Å². The molecule has 30 heavy (non-hydrogen) atoms. The fourth-order valence-corrected chi connectivity index (χ4v) is 3.32. The molecule has 0 amide bonds. The van der Waals surface area contributed by atoms with Crippen molar-refractivity contribution in [3.8, 4) is 0 Å². The lowest BCUT2D eigenvalue weighted by Crippen LogP contribution is -2.22. The number of nitrogens with zero attached hydrogens (tertiary/aromatic N) is 4. The Morgan fingerprint density at radius 3 is 2.40 bits per heavy atom. The molecule has 3 aromatic rings. The van der Waals surface area contributed by atoms with E-state index in [0.717, 1.165) is 12.1 Å². The van der Waals surface area contributed by atoms with Gasteiger partial charge in [-0.25, -0.2) is 13.5 Å². The van der Waals surface area contributed by atoms with E-state index < -0.39 is 35.8 Å². The molecule has 0 saturated heterocycles. The van der Waals surface area contributed by atoms with E-state index in [2.05, 4.69) is 15.1 Å². The highest BCUT2D eigenvalue weighted by molar-refractivity contribution is 5.78. The van der Waals surface area contributed by atoms with Gasteiger partial charge in [-0.1, -0.05) is 19.9 Å². The second-order valence-electron chi connectivity index (χ2n) is 7.43. The molecule has 1 atom stereocenters. The Kier molecular flexibility index (Phi) is 5.57. The maximum Gasteiger partial charge on any atom is 0.416 e. The number of nitrogens with one attached hydrogen (secondary N) is 1. The second kappa shape index (κ2) is 7.69. The van der Waals surface area contributed by atoms with Gasteiger partial charge in [-0.3, -0.25) is 9.78 Å². The van der Waals surface area contributed by atoms with Crippen molar-refractivity contribution in [2.75, 3.05) is 19.0 Å². The summed E-state index contributed by atoms with van der Waals surface area (Å²) >= 11 is 0. The predicted octanol–water partition coefficient (Wildman–Crippen LogP) is 4.06. The van der Waals surface area contributed by atoms with Crippen LogP contribution in [0.5, 0.6) is 0 Å². The third-order valence-corrected chi connectivity index (χ3v) is 4.71. The molecule has 0 aliphatic rings. The standard InChI is InChI=1S/C19H20F5N5O/c1-9(2)15(11-6-5-10(7-12(11)21)19(22,23)24)29-16-14(13(8-20)27-29)17(30)26-18(25-16)28(3)4/h5-7,9,15H,8H2,1-4H3,(H,25,26,30)/t15-/m0/s1. The molecule has 0 bridgehead atoms. The minimum atomic E-state index is -4.69. The van der Waals surface area contributed by atoms with Gasteiger partial charge in [-0.15, -0.1) is 0 Å². The normalized spacial score (nSPS) is 13.3. The summed E-state index contributed by atoms with van der Waals surface area (Å²) in [6.07, 6.45) is -4.69. The van der Waals surface area contributed by atoms with Gasteiger partial charge >= 0.3 is 6.18 Å². The zero-order valence-electron chi connectivity index (χ0n) is 16.7. The van der Waals surface area contributed by atoms with Gasteiger partial charge in [-0.05, 0) is 18.1 Å². The summed E-state index contributed by atoms with van der Waals surface area (Å²) in [5.74, 6) is -1.27. The third-order valence-electron chi connectivity index (χ3n) is 4.71. The van der Waals surface area contributed by atoms with Crippen molar-refractivity contribution in [3.05, 3.63) is 51.2 Å². The highest BCUT2D eigenvalue weighted by atomic mass is 19.4. The molecular weight excluding hydrogens is 409 g/mol. The summed E-state index contributed by atoms with van der Waals surface area (Å²) in [5, 5.41) is 4.05. The fourth-order valence-electron chi connectivity index (χ4n) is 3.32. The molecule has 0 spiro atoms. The summed E-state index contributed by atoms with van der Waals surface area (Å²) in [4.78, 5) is 20.9. The van der Waals surface area contributed by atoms with E-state index in [1.165, 1.54) is 9.58 Å². The summed E-state index contributed by atoms with van der Waals surface area (Å²) < 4.78 is 68.3. The van der Waals surface area contributed by atoms with Crippen LogP contribution in [0.1, 0.15) is 36.7 Å². The number of aromatic nitrogens is 4. The number of hydrogen-bond acceptors (Lipinski definition) is 4. The number of halogens is 5. The first-order valence-corrected chi connectivity index (χ1v) is 9.07. The van der Waals surface area contributed by atoms with Gasteiger partial charge in [0.05, 0.1) is 11.6 Å². The van der Waals surface area contributed by atoms with Gasteiger partial charge in [0.25, 0.3) is 5.56 Å². The first-order valence-electron chi connectivity index (χ1n) is 9.07. The van der Waals surface area contributed by atoms with Crippen molar-refractivity contribution in [2.24, 2.45) is 5.92 Å². The van der Waals surface area contributed by atoms with Crippen LogP contribution in [0.25, 0.3) is 11.0 Å². The van der Waals surface area contributed by atoms with E-state index >= 15 is 0 Å². The molecule has 6 nitrogen and oxygen atoms in total. The van der Waals surface area contributed by atoms with Crippen molar-refractivity contribution >= 4 is 17.0 Å². The second-order valence-corrected chi connectivity index (χ2v) is 7.43. The molecule has 0 saturated carbocycles. The first-order chi connectivity index (χ1) is 14.0. The fraction of sp³-hybridized carbons (Fsp3) is 0.421. The largest absolute Gasteiger partial charge is 0.416 e. The maximum absolute atomic E-state index is 14.7. The molecule has 0 radical (unpaired) electrons. The maximum atomic E-state index is 14.7. The van der Waals surface area contributed by atoms with Gasteiger partial charge in [0.1, 0.15) is 23.6 Å². The Bertz CT molecular complexity index is 1130. The van der Waals surface area contributed by atoms with Crippen molar-refractivity contribution < 1.29 is 22.0 Å². The van der Waals surface area contributed by atoms with Gasteiger partial charge < -0.3 is 4.90 Å². The number of aromatic amines is 1. The Hall–Kier alpha value is -2.98. The van der Waals surface area contributed by atoms with Gasteiger partial charge in [-0.2, -0.15) is 23.3 Å². The number of alkyl halides is 4. The molecule has 0 aliphatic heterocycles. The van der Waals surface area contributed by atoms with Crippen LogP contribution in [-0.4, -0.2) is 33.8 Å². The van der Waals surface area contributed by atoms with Crippen LogP contribution >= 0.6 is 0 Å². The molecule has 1 aromatic carbocycles. The van der Waals surface area contributed by atoms with Gasteiger partial charge in [0.15, 0.2) is 5.65 Å². The van der Waals surface area contributed by atoms with Crippen LogP contribution in [0, 0.1) is 11.7 Å². The predicted molar refractivity (Wildman–Crippen MR) is 102 cm³/mol. The molecule has 1 N–H and O–H groups in total. The van der Waals surface area contributed by atoms with Gasteiger partial charge in [0.2, 0.25) is 5.95 Å². The van der Waals surface area contributed by atoms with E-state index in [-0.39, 0.29) is 34.2 Å². The number of rotatable bonds is 5. The SMILES string of the molecule is CC(C)[C@@H](c1ccc(C(F)(F)F)cc1F)n1nc(CF)c2c(=O)[nH]c(N(C)C)nc21. The van der Waals surface area contributed by atoms with Crippen LogP contribution in [0.3, 0.4) is 0 Å². The van der Waals surface area contributed by atoms with Crippen LogP contribution in [0.15, 0.2) is 23.0 Å². The minimum Gasteiger partial charge on any atom is -0.348 e. The molecular formula is C19H20F5N5O. The van der Waals surface area contributed by atoms with Crippen LogP contribution < -0.4 is 10.5 Å². The quantitative estimate of drug-likeness (QED) is 0.622. The zero-order valence-corrected chi connectivity index (χ0v) is 16.7. The lowest BCUT2D eigenvalue weighted by atomic mass is 9.94. The molecule has 0 aliphatic carbocycles. The lowest BCUT2D eigenvalue weighted by Gasteiger charge is -2.24. The zero-order chi connectivity index (χ0) is 22.4. The highest BCUT2D eigenvalue weighted by Gasteiger charge is 2.33. The molecule has 3 rings (SSSR count). The molecule has 2 heterocycles. The van der Waals surface area contributed by atoms with E-state index in [1.807, 2.05) is 0 Å². The van der Waals surface area contributed by atoms with Crippen LogP contribution in [0.2, 0.25) is 0 Å². The Labute approximate surface area is 168 Å². The molecule has 0 fully saturated rings. The van der Waals surface area contributed by atoms with Crippen molar-refractivity contribution in [1.82, 2.24) is 19.7 Å². The molecule has 0 unspecified atom stereocenters. The highest BCUT2D eigenvalue weighted by Crippen LogP contribution is 2.35. The average Bonchev–Trinajstić information content (AvgIpc) is 3.01. The number of hydrogen-bond donors (Lipinski definition) is 1. The summed E-state index contributed by atoms with van der Waals surface area (Å²) in [7, 11) is 3.27. The number of anilines is 1. The molecule has 162 valence electrons. The number of benzene rings is 1. The molecule has 2 aromatic heterocycles. The minimum absolute atomic E-state index is 0.0214. The Morgan fingerprint density at radius 2 is 1.90 bits per heavy atom. The van der Waals surface area contributed by atoms with Crippen LogP contribution in [-0.2, 0) is 12.9 Å². The molecule has 11 heteroatoms. The van der Waals surface area contributed by atoms with Crippen LogP contribution in [0.4, 0.5) is 27.9 Å². The number of H-pyrrole nitrogens is 1. The average molecular weight is 429 g/mol. The number of fused-ring (bicyclic) bond motifs is 1. The summed E-state index contributed by atoms with van der Waals surface area (Å²) in [6.45, 7) is 2.37. The van der Waals surface area contributed by atoms with Gasteiger partial charge in [0, 0.05) is 19.7 Å². The smallest absolute Gasteiger partial charge is 0.348 e. The lowest BCUT2D eigenvalue weighted by molar-refractivity contribution is -0.137. The Morgan fingerprint density at radius 1 is 1.23 bits per heavy atom. The monoisotopic (exact) mass is 429 g/mol. The summed E-state index contributed by atoms with van der Waals surface area (Å²) in [5.41, 5.74) is -1.96. The van der Waals surface area contributed by atoms with E-state index in [1.54, 1.807) is 27.9 Å². The van der Waals surface area contributed by atoms with E-state index in [9.17, 15) is 26.7 Å². The van der Waals surface area contributed by atoms with Crippen molar-refractivity contribution in [3.63, 3.8) is 0 Å². The van der Waals surface area contributed by atoms with Crippen molar-refractivity contribution in [1.29, 1.82) is 0 Å². The first kappa shape index (κ1) is 21.7.